The van der Waals surface area contributed by atoms with E-state index in [4.69, 9.17) is 0 Å². The quantitative estimate of drug-likeness (QED) is 0.770. The first-order valence-electron chi connectivity index (χ1n) is 8.99. The van der Waals surface area contributed by atoms with Gasteiger partial charge in [0, 0.05) is 5.56 Å². The molecule has 27 heavy (non-hydrogen) atoms. The molecule has 140 valence electrons. The van der Waals surface area contributed by atoms with Crippen molar-refractivity contribution in [2.45, 2.75) is 46.6 Å². The van der Waals surface area contributed by atoms with Gasteiger partial charge < -0.3 is 5.32 Å². The van der Waals surface area contributed by atoms with Gasteiger partial charge in [-0.15, -0.1) is 5.10 Å². The van der Waals surface area contributed by atoms with Gasteiger partial charge in [0.15, 0.2) is 5.82 Å². The first-order chi connectivity index (χ1) is 12.8. The van der Waals surface area contributed by atoms with Crippen molar-refractivity contribution in [2.24, 2.45) is 0 Å². The number of amides is 1. The summed E-state index contributed by atoms with van der Waals surface area (Å²) < 4.78 is 1.65. The van der Waals surface area contributed by atoms with E-state index >= 15 is 0 Å². The maximum absolute atomic E-state index is 12.5. The molecule has 1 aromatic heterocycles. The number of tetrazole rings is 1. The highest BCUT2D eigenvalue weighted by atomic mass is 16.1. The second-order valence-electron chi connectivity index (χ2n) is 7.79. The van der Waals surface area contributed by atoms with Crippen molar-refractivity contribution in [1.82, 2.24) is 25.5 Å². The Morgan fingerprint density at radius 3 is 2.37 bits per heavy atom. The molecular weight excluding hydrogens is 338 g/mol. The van der Waals surface area contributed by atoms with Gasteiger partial charge in [0.1, 0.15) is 0 Å². The summed E-state index contributed by atoms with van der Waals surface area (Å²) >= 11 is 0. The molecule has 3 rings (SSSR count). The van der Waals surface area contributed by atoms with Crippen molar-refractivity contribution in [3.63, 3.8) is 0 Å². The lowest BCUT2D eigenvalue weighted by Crippen LogP contribution is -2.25. The Labute approximate surface area is 159 Å². The summed E-state index contributed by atoms with van der Waals surface area (Å²) in [5.41, 5.74) is 5.12. The molecule has 0 aliphatic rings. The van der Waals surface area contributed by atoms with E-state index in [1.165, 1.54) is 11.1 Å². The molecular formula is C21H25N5O. The topological polar surface area (TPSA) is 72.7 Å². The SMILES string of the molecule is Cc1ccc(-n2nnnc2CNC(=O)c2ccc(C(C)(C)C)cc2)cc1C. The fraction of sp³-hybridized carbons (Fsp3) is 0.333. The van der Waals surface area contributed by atoms with E-state index in [9.17, 15) is 4.79 Å². The lowest BCUT2D eigenvalue weighted by atomic mass is 9.87. The monoisotopic (exact) mass is 363 g/mol. The van der Waals surface area contributed by atoms with Gasteiger partial charge in [-0.1, -0.05) is 39.0 Å². The van der Waals surface area contributed by atoms with Crippen LogP contribution in [0.3, 0.4) is 0 Å². The van der Waals surface area contributed by atoms with Crippen LogP contribution in [0, 0.1) is 13.8 Å². The van der Waals surface area contributed by atoms with Gasteiger partial charge in [0.05, 0.1) is 12.2 Å². The lowest BCUT2D eigenvalue weighted by molar-refractivity contribution is 0.0949. The maximum atomic E-state index is 12.5. The van der Waals surface area contributed by atoms with Crippen LogP contribution in [0.5, 0.6) is 0 Å². The van der Waals surface area contributed by atoms with Crippen molar-refractivity contribution in [1.29, 1.82) is 0 Å². The van der Waals surface area contributed by atoms with E-state index in [0.29, 0.717) is 11.4 Å². The minimum absolute atomic E-state index is 0.0588. The van der Waals surface area contributed by atoms with E-state index < -0.39 is 0 Å². The van der Waals surface area contributed by atoms with Gasteiger partial charge in [0.25, 0.3) is 5.91 Å². The van der Waals surface area contributed by atoms with E-state index in [-0.39, 0.29) is 17.9 Å². The number of benzene rings is 2. The number of carbonyl (C=O) groups excluding carboxylic acids is 1. The molecule has 0 bridgehead atoms. The van der Waals surface area contributed by atoms with Crippen LogP contribution in [0.2, 0.25) is 0 Å². The first-order valence-corrected chi connectivity index (χ1v) is 8.99. The Morgan fingerprint density at radius 1 is 1.04 bits per heavy atom. The Hall–Kier alpha value is -3.02. The summed E-state index contributed by atoms with van der Waals surface area (Å²) in [6.45, 7) is 10.8. The molecule has 2 aromatic carbocycles. The minimum Gasteiger partial charge on any atom is -0.345 e. The molecule has 0 fully saturated rings. The van der Waals surface area contributed by atoms with Crippen molar-refractivity contribution in [3.05, 3.63) is 70.5 Å². The fourth-order valence-corrected chi connectivity index (χ4v) is 2.76. The molecule has 0 aliphatic carbocycles. The number of hydrogen-bond acceptors (Lipinski definition) is 4. The Kier molecular flexibility index (Phi) is 5.08. The van der Waals surface area contributed by atoms with Crippen LogP contribution in [0.15, 0.2) is 42.5 Å². The summed E-state index contributed by atoms with van der Waals surface area (Å²) in [6.07, 6.45) is 0. The number of carbonyl (C=O) groups is 1. The van der Waals surface area contributed by atoms with Gasteiger partial charge in [0.2, 0.25) is 0 Å². The summed E-state index contributed by atoms with van der Waals surface area (Å²) in [7, 11) is 0. The highest BCUT2D eigenvalue weighted by molar-refractivity contribution is 5.94. The Morgan fingerprint density at radius 2 is 1.74 bits per heavy atom. The molecule has 0 spiro atoms. The third-order valence-electron chi connectivity index (χ3n) is 4.69. The van der Waals surface area contributed by atoms with Gasteiger partial charge in [-0.05, 0) is 70.6 Å². The number of nitrogens with one attached hydrogen (secondary N) is 1. The van der Waals surface area contributed by atoms with Crippen LogP contribution in [0.25, 0.3) is 5.69 Å². The Bertz CT molecular complexity index is 951. The van der Waals surface area contributed by atoms with Gasteiger partial charge in [-0.25, -0.2) is 0 Å². The zero-order valence-corrected chi connectivity index (χ0v) is 16.4. The third kappa shape index (κ3) is 4.22. The Balaban J connectivity index is 1.71. The van der Waals surface area contributed by atoms with Crippen molar-refractivity contribution < 1.29 is 4.79 Å². The average molecular weight is 363 g/mol. The number of aryl methyl sites for hydroxylation is 2. The molecule has 1 N–H and O–H groups in total. The summed E-state index contributed by atoms with van der Waals surface area (Å²) in [5.74, 6) is 0.433. The predicted octanol–water partition coefficient (Wildman–Crippen LogP) is 3.51. The molecule has 0 unspecified atom stereocenters. The zero-order valence-electron chi connectivity index (χ0n) is 16.4. The second kappa shape index (κ2) is 7.31. The highest BCUT2D eigenvalue weighted by Gasteiger charge is 2.15. The third-order valence-corrected chi connectivity index (χ3v) is 4.69. The average Bonchev–Trinajstić information content (AvgIpc) is 3.10. The van der Waals surface area contributed by atoms with Crippen molar-refractivity contribution >= 4 is 5.91 Å². The van der Waals surface area contributed by atoms with Crippen LogP contribution in [-0.4, -0.2) is 26.1 Å². The van der Waals surface area contributed by atoms with E-state index in [2.05, 4.69) is 48.5 Å². The normalized spacial score (nSPS) is 11.4. The maximum Gasteiger partial charge on any atom is 0.251 e. The van der Waals surface area contributed by atoms with E-state index in [0.717, 1.165) is 11.3 Å². The van der Waals surface area contributed by atoms with Crippen LogP contribution in [0.4, 0.5) is 0 Å². The van der Waals surface area contributed by atoms with Crippen LogP contribution < -0.4 is 5.32 Å². The van der Waals surface area contributed by atoms with Crippen molar-refractivity contribution in [2.75, 3.05) is 0 Å². The summed E-state index contributed by atoms with van der Waals surface area (Å²) in [6, 6.07) is 13.7. The van der Waals surface area contributed by atoms with Gasteiger partial charge in [-0.3, -0.25) is 4.79 Å². The number of nitrogens with zero attached hydrogens (tertiary/aromatic N) is 4. The largest absolute Gasteiger partial charge is 0.345 e. The molecule has 6 nitrogen and oxygen atoms in total. The molecule has 0 saturated heterocycles. The predicted molar refractivity (Wildman–Crippen MR) is 105 cm³/mol. The standard InChI is InChI=1S/C21H25N5O/c1-14-6-11-18(12-15(14)2)26-19(23-24-25-26)13-22-20(27)16-7-9-17(10-8-16)21(3,4)5/h6-12H,13H2,1-5H3,(H,22,27). The number of rotatable bonds is 4. The highest BCUT2D eigenvalue weighted by Crippen LogP contribution is 2.22. The molecule has 1 heterocycles. The summed E-state index contributed by atoms with van der Waals surface area (Å²) in [5, 5.41) is 14.7. The van der Waals surface area contributed by atoms with Crippen molar-refractivity contribution in [3.8, 4) is 5.69 Å². The first kappa shape index (κ1) is 18.8. The van der Waals surface area contributed by atoms with Crippen LogP contribution in [-0.2, 0) is 12.0 Å². The van der Waals surface area contributed by atoms with Gasteiger partial charge in [-0.2, -0.15) is 4.68 Å². The number of hydrogen-bond donors (Lipinski definition) is 1. The molecule has 0 radical (unpaired) electrons. The second-order valence-corrected chi connectivity index (χ2v) is 7.79. The van der Waals surface area contributed by atoms with Gasteiger partial charge >= 0.3 is 0 Å². The summed E-state index contributed by atoms with van der Waals surface area (Å²) in [4.78, 5) is 12.5. The van der Waals surface area contributed by atoms with Crippen LogP contribution in [0.1, 0.15) is 53.6 Å². The number of aromatic nitrogens is 4. The molecule has 0 atom stereocenters. The molecule has 1 amide bonds. The molecule has 0 aliphatic heterocycles. The van der Waals surface area contributed by atoms with E-state index in [1.54, 1.807) is 4.68 Å². The van der Waals surface area contributed by atoms with Crippen LogP contribution >= 0.6 is 0 Å². The fourth-order valence-electron chi connectivity index (χ4n) is 2.76. The lowest BCUT2D eigenvalue weighted by Gasteiger charge is -2.19. The smallest absolute Gasteiger partial charge is 0.251 e. The molecule has 3 aromatic rings. The zero-order chi connectivity index (χ0) is 19.6. The van der Waals surface area contributed by atoms with E-state index in [1.807, 2.05) is 49.4 Å². The molecule has 6 heteroatoms. The molecule has 0 saturated carbocycles. The minimum atomic E-state index is -0.148.